The van der Waals surface area contributed by atoms with Gasteiger partial charge in [-0.2, -0.15) is 0 Å². The number of nitrogens with zero attached hydrogens (tertiary/aromatic N) is 4. The molecule has 0 aliphatic carbocycles. The average Bonchev–Trinajstić information content (AvgIpc) is 3.59. The van der Waals surface area contributed by atoms with Crippen LogP contribution in [0.4, 0.5) is 5.00 Å². The third-order valence-electron chi connectivity index (χ3n) is 7.08. The second-order valence-corrected chi connectivity index (χ2v) is 14.0. The van der Waals surface area contributed by atoms with E-state index in [1.165, 1.54) is 22.7 Å². The molecule has 2 aromatic carbocycles. The van der Waals surface area contributed by atoms with Crippen LogP contribution in [0.2, 0.25) is 5.02 Å². The maximum absolute atomic E-state index is 13.6. The van der Waals surface area contributed by atoms with E-state index in [1.54, 1.807) is 49.6 Å². The summed E-state index contributed by atoms with van der Waals surface area (Å²) in [5, 5.41) is 16.6. The van der Waals surface area contributed by atoms with E-state index in [0.717, 1.165) is 28.6 Å². The first-order valence-electron chi connectivity index (χ1n) is 12.6. The van der Waals surface area contributed by atoms with Crippen LogP contribution < -0.4 is 9.70 Å². The lowest BCUT2D eigenvalue weighted by molar-refractivity contribution is -0.120. The molecule has 1 fully saturated rings. The van der Waals surface area contributed by atoms with Crippen molar-refractivity contribution in [2.45, 2.75) is 42.7 Å². The second kappa shape index (κ2) is 11.5. The fourth-order valence-electron chi connectivity index (χ4n) is 5.06. The Morgan fingerprint density at radius 3 is 2.74 bits per heavy atom. The van der Waals surface area contributed by atoms with E-state index < -0.39 is 22.0 Å². The van der Waals surface area contributed by atoms with Crippen LogP contribution in [0.25, 0.3) is 10.8 Å². The molecule has 1 aliphatic heterocycles. The molecule has 39 heavy (non-hydrogen) atoms. The summed E-state index contributed by atoms with van der Waals surface area (Å²) in [6, 6.07) is 9.77. The number of carbonyl (C=O) groups excluding carboxylic acids is 1. The van der Waals surface area contributed by atoms with Crippen LogP contribution >= 0.6 is 34.3 Å². The minimum atomic E-state index is -3.67. The molecule has 4 aromatic rings. The highest BCUT2D eigenvalue weighted by Crippen LogP contribution is 2.37. The summed E-state index contributed by atoms with van der Waals surface area (Å²) in [5.74, 6) is -0.385. The van der Waals surface area contributed by atoms with Gasteiger partial charge in [0.05, 0.1) is 22.4 Å². The van der Waals surface area contributed by atoms with Gasteiger partial charge in [0.1, 0.15) is 16.1 Å². The third kappa shape index (κ3) is 5.69. The Morgan fingerprint density at radius 2 is 2.00 bits per heavy atom. The van der Waals surface area contributed by atoms with E-state index in [1.807, 2.05) is 21.9 Å². The Balaban J connectivity index is 1.39. The van der Waals surface area contributed by atoms with Gasteiger partial charge < -0.3 is 14.6 Å². The first-order valence-corrected chi connectivity index (χ1v) is 16.3. The standard InChI is InChI=1S/C27H29ClN4O4S3/c1-29-27-31(2)23(24(34)25-30-11-13-37-25)26(38-27)32-12-4-3-5-21(32)22(33)10-14-39(35,36)20-9-7-17-15-19(28)8-6-18(17)16-20/h6-9,11,13,15-16,21,24,34H,3-5,10,12,14H2,1-2H3. The van der Waals surface area contributed by atoms with Gasteiger partial charge in [-0.25, -0.2) is 13.4 Å². The molecule has 0 amide bonds. The fraction of sp³-hybridized carbons (Fsp3) is 0.370. The van der Waals surface area contributed by atoms with Crippen LogP contribution in [-0.4, -0.2) is 54.2 Å². The monoisotopic (exact) mass is 604 g/mol. The highest BCUT2D eigenvalue weighted by Gasteiger charge is 2.34. The quantitative estimate of drug-likeness (QED) is 0.311. The Morgan fingerprint density at radius 1 is 1.23 bits per heavy atom. The molecule has 0 saturated carbocycles. The summed E-state index contributed by atoms with van der Waals surface area (Å²) in [4.78, 5) is 25.2. The number of aromatic nitrogens is 2. The van der Waals surface area contributed by atoms with Gasteiger partial charge in [0.25, 0.3) is 0 Å². The van der Waals surface area contributed by atoms with Crippen molar-refractivity contribution in [3.63, 3.8) is 0 Å². The Kier molecular flexibility index (Phi) is 8.25. The second-order valence-electron chi connectivity index (χ2n) is 9.52. The zero-order valence-electron chi connectivity index (χ0n) is 21.6. The number of ketones is 1. The molecule has 5 rings (SSSR count). The summed E-state index contributed by atoms with van der Waals surface area (Å²) < 4.78 is 28.2. The summed E-state index contributed by atoms with van der Waals surface area (Å²) in [7, 11) is -0.130. The number of Topliss-reactive ketones (excluding diaryl/α,β-unsaturated/α-hetero) is 1. The zero-order valence-corrected chi connectivity index (χ0v) is 24.8. The summed E-state index contributed by atoms with van der Waals surface area (Å²) >= 11 is 8.84. The number of carbonyl (C=O) groups is 1. The van der Waals surface area contributed by atoms with Crippen LogP contribution in [0.3, 0.4) is 0 Å². The zero-order chi connectivity index (χ0) is 27.7. The number of aliphatic hydroxyl groups excluding tert-OH is 1. The molecule has 1 saturated heterocycles. The molecule has 2 unspecified atom stereocenters. The minimum absolute atomic E-state index is 0.0883. The third-order valence-corrected chi connectivity index (χ3v) is 11.1. The number of aliphatic hydroxyl groups is 1. The highest BCUT2D eigenvalue weighted by atomic mass is 35.5. The number of sulfone groups is 1. The number of fused-ring (bicyclic) bond motifs is 1. The van der Waals surface area contributed by atoms with Crippen molar-refractivity contribution in [3.05, 3.63) is 68.5 Å². The molecule has 3 heterocycles. The largest absolute Gasteiger partial charge is 0.379 e. The summed E-state index contributed by atoms with van der Waals surface area (Å²) in [6.45, 7) is 0.637. The van der Waals surface area contributed by atoms with Crippen molar-refractivity contribution in [3.8, 4) is 0 Å². The average molecular weight is 605 g/mol. The minimum Gasteiger partial charge on any atom is -0.379 e. The van der Waals surface area contributed by atoms with Crippen molar-refractivity contribution >= 4 is 65.7 Å². The van der Waals surface area contributed by atoms with E-state index in [9.17, 15) is 18.3 Å². The van der Waals surface area contributed by atoms with Crippen molar-refractivity contribution in [1.82, 2.24) is 9.55 Å². The van der Waals surface area contributed by atoms with Crippen LogP contribution in [0.5, 0.6) is 0 Å². The molecular formula is C27H29ClN4O4S3. The predicted octanol–water partition coefficient (Wildman–Crippen LogP) is 4.75. The van der Waals surface area contributed by atoms with Gasteiger partial charge in [0, 0.05) is 43.7 Å². The lowest BCUT2D eigenvalue weighted by atomic mass is 9.97. The van der Waals surface area contributed by atoms with Crippen LogP contribution in [0, 0.1) is 0 Å². The first-order chi connectivity index (χ1) is 18.7. The molecule has 8 nitrogen and oxygen atoms in total. The molecule has 0 spiro atoms. The van der Waals surface area contributed by atoms with Crippen LogP contribution in [-0.2, 0) is 21.7 Å². The normalized spacial score (nSPS) is 17.6. The summed E-state index contributed by atoms with van der Waals surface area (Å²) in [5.41, 5.74) is 0.638. The van der Waals surface area contributed by atoms with Crippen LogP contribution in [0.15, 0.2) is 57.9 Å². The van der Waals surface area contributed by atoms with Crippen molar-refractivity contribution < 1.29 is 18.3 Å². The number of thiazole rings is 2. The van der Waals surface area contributed by atoms with E-state index in [-0.39, 0.29) is 22.9 Å². The Hall–Kier alpha value is -2.57. The van der Waals surface area contributed by atoms with Gasteiger partial charge in [-0.05, 0) is 54.3 Å². The molecule has 2 atom stereocenters. The molecule has 0 radical (unpaired) electrons. The molecule has 1 aliphatic rings. The number of benzene rings is 2. The number of anilines is 1. The number of rotatable bonds is 8. The van der Waals surface area contributed by atoms with Gasteiger partial charge >= 0.3 is 0 Å². The van der Waals surface area contributed by atoms with Gasteiger partial charge in [-0.3, -0.25) is 9.79 Å². The predicted molar refractivity (Wildman–Crippen MR) is 157 cm³/mol. The maximum atomic E-state index is 13.6. The van der Waals surface area contributed by atoms with Gasteiger partial charge in [0.2, 0.25) is 0 Å². The number of hydrogen-bond donors (Lipinski definition) is 1. The van der Waals surface area contributed by atoms with Crippen LogP contribution in [0.1, 0.15) is 42.5 Å². The highest BCUT2D eigenvalue weighted by molar-refractivity contribution is 7.91. The van der Waals surface area contributed by atoms with Crippen molar-refractivity contribution in [2.75, 3.05) is 24.2 Å². The van der Waals surface area contributed by atoms with Gasteiger partial charge in [0.15, 0.2) is 20.4 Å². The maximum Gasteiger partial charge on any atom is 0.186 e. The number of hydrogen-bond acceptors (Lipinski definition) is 9. The first kappa shape index (κ1) is 28.0. The molecule has 1 N–H and O–H groups in total. The lowest BCUT2D eigenvalue weighted by Crippen LogP contribution is -2.45. The molecule has 0 bridgehead atoms. The summed E-state index contributed by atoms with van der Waals surface area (Å²) in [6.07, 6.45) is 3.00. The smallest absolute Gasteiger partial charge is 0.186 e. The van der Waals surface area contributed by atoms with Gasteiger partial charge in [-0.1, -0.05) is 35.1 Å². The van der Waals surface area contributed by atoms with Crippen molar-refractivity contribution in [1.29, 1.82) is 0 Å². The van der Waals surface area contributed by atoms with E-state index in [2.05, 4.69) is 9.98 Å². The topological polar surface area (TPSA) is 105 Å². The molecule has 2 aromatic heterocycles. The molecule has 12 heteroatoms. The fourth-order valence-corrected chi connectivity index (χ4v) is 8.34. The van der Waals surface area contributed by atoms with Crippen molar-refractivity contribution in [2.24, 2.45) is 12.0 Å². The number of piperidine rings is 1. The Labute approximate surface area is 240 Å². The molecule has 206 valence electrons. The number of halogens is 1. The van der Waals surface area contributed by atoms with E-state index in [4.69, 9.17) is 11.6 Å². The molecular weight excluding hydrogens is 576 g/mol. The Bertz CT molecular complexity index is 1680. The van der Waals surface area contributed by atoms with Gasteiger partial charge in [-0.15, -0.1) is 11.3 Å². The SMILES string of the molecule is CN=c1sc(N2CCCCC2C(=O)CCS(=O)(=O)c2ccc3cc(Cl)ccc3c2)c(C(O)c2nccs2)n1C. The lowest BCUT2D eigenvalue weighted by Gasteiger charge is -2.36. The van der Waals surface area contributed by atoms with E-state index in [0.29, 0.717) is 33.5 Å². The van der Waals surface area contributed by atoms with E-state index >= 15 is 0 Å².